The minimum absolute atomic E-state index is 0.177. The van der Waals surface area contributed by atoms with Gasteiger partial charge in [0.25, 0.3) is 0 Å². The van der Waals surface area contributed by atoms with Crippen molar-refractivity contribution >= 4 is 16.6 Å². The van der Waals surface area contributed by atoms with Gasteiger partial charge in [-0.25, -0.2) is 0 Å². The second-order valence-corrected chi connectivity index (χ2v) is 8.44. The van der Waals surface area contributed by atoms with E-state index in [1.54, 1.807) is 6.20 Å². The number of aromatic nitrogens is 1. The molecule has 3 heterocycles. The zero-order valence-electron chi connectivity index (χ0n) is 17.1. The summed E-state index contributed by atoms with van der Waals surface area (Å²) >= 11 is 0. The number of pyridine rings is 1. The highest BCUT2D eigenvalue weighted by Gasteiger charge is 2.32. The molecular formula is C23H30N4O. The van der Waals surface area contributed by atoms with E-state index < -0.39 is 0 Å². The maximum absolute atomic E-state index is 9.42. The van der Waals surface area contributed by atoms with Crippen LogP contribution in [0.2, 0.25) is 0 Å². The smallest absolute Gasteiger partial charge is 0.101 e. The number of morpholine rings is 1. The third kappa shape index (κ3) is 3.72. The van der Waals surface area contributed by atoms with Gasteiger partial charge in [-0.2, -0.15) is 5.26 Å². The summed E-state index contributed by atoms with van der Waals surface area (Å²) in [5.41, 5.74) is 2.58. The predicted molar refractivity (Wildman–Crippen MR) is 112 cm³/mol. The Balaban J connectivity index is 1.59. The van der Waals surface area contributed by atoms with E-state index in [0.29, 0.717) is 17.6 Å². The van der Waals surface area contributed by atoms with Crippen LogP contribution in [0.15, 0.2) is 30.5 Å². The van der Waals surface area contributed by atoms with E-state index in [0.717, 1.165) is 36.2 Å². The molecule has 28 heavy (non-hydrogen) atoms. The van der Waals surface area contributed by atoms with Crippen LogP contribution in [-0.4, -0.2) is 53.8 Å². The highest BCUT2D eigenvalue weighted by molar-refractivity contribution is 5.95. The number of hydrogen-bond acceptors (Lipinski definition) is 5. The number of nitrogens with zero attached hydrogens (tertiary/aromatic N) is 4. The molecule has 1 aromatic heterocycles. The predicted octanol–water partition coefficient (Wildman–Crippen LogP) is 3.96. The van der Waals surface area contributed by atoms with Gasteiger partial charge in [0, 0.05) is 49.0 Å². The molecule has 4 atom stereocenters. The zero-order chi connectivity index (χ0) is 19.7. The van der Waals surface area contributed by atoms with E-state index in [1.807, 2.05) is 12.1 Å². The van der Waals surface area contributed by atoms with Gasteiger partial charge in [-0.3, -0.25) is 9.88 Å². The number of ether oxygens (including phenoxy) is 1. The second kappa shape index (κ2) is 8.06. The fraction of sp³-hybridized carbons (Fsp3) is 0.565. The average molecular weight is 379 g/mol. The van der Waals surface area contributed by atoms with Gasteiger partial charge in [0.15, 0.2) is 0 Å². The van der Waals surface area contributed by atoms with Crippen molar-refractivity contribution in [1.82, 2.24) is 9.88 Å². The summed E-state index contributed by atoms with van der Waals surface area (Å²) in [5.74, 6) is 0. The van der Waals surface area contributed by atoms with Crippen molar-refractivity contribution in [3.05, 3.63) is 36.0 Å². The van der Waals surface area contributed by atoms with Crippen molar-refractivity contribution < 1.29 is 4.74 Å². The number of piperidine rings is 1. The number of likely N-dealkylation sites (tertiary alicyclic amines) is 1. The van der Waals surface area contributed by atoms with Crippen LogP contribution in [0.5, 0.6) is 0 Å². The van der Waals surface area contributed by atoms with Crippen molar-refractivity contribution in [2.75, 3.05) is 24.5 Å². The van der Waals surface area contributed by atoms with Gasteiger partial charge in [-0.05, 0) is 57.9 Å². The molecule has 0 spiro atoms. The van der Waals surface area contributed by atoms with Gasteiger partial charge >= 0.3 is 0 Å². The Morgan fingerprint density at radius 1 is 1.14 bits per heavy atom. The first-order valence-electron chi connectivity index (χ1n) is 10.5. The summed E-state index contributed by atoms with van der Waals surface area (Å²) in [4.78, 5) is 9.52. The zero-order valence-corrected chi connectivity index (χ0v) is 17.1. The molecule has 2 aliphatic heterocycles. The van der Waals surface area contributed by atoms with Gasteiger partial charge in [0.1, 0.15) is 6.07 Å². The number of nitriles is 1. The van der Waals surface area contributed by atoms with Crippen LogP contribution in [-0.2, 0) is 4.74 Å². The standard InChI is InChI=1S/C23H30N4O/c1-16-6-4-7-17(2)27(16)15-20-14-26(13-18(3)28-20)22-10-9-19(12-24)23-21(22)8-5-11-25-23/h5,8-11,16-18,20H,4,6-7,13-15H2,1-3H3/t16-,17+,18-,20+/m1/s1. The molecule has 2 fully saturated rings. The first-order valence-corrected chi connectivity index (χ1v) is 10.5. The van der Waals surface area contributed by atoms with Crippen LogP contribution >= 0.6 is 0 Å². The molecule has 0 amide bonds. The van der Waals surface area contributed by atoms with Crippen LogP contribution in [0.4, 0.5) is 5.69 Å². The average Bonchev–Trinajstić information content (AvgIpc) is 2.69. The summed E-state index contributed by atoms with van der Waals surface area (Å²) in [7, 11) is 0. The van der Waals surface area contributed by atoms with E-state index >= 15 is 0 Å². The van der Waals surface area contributed by atoms with Crippen molar-refractivity contribution in [3.8, 4) is 6.07 Å². The summed E-state index contributed by atoms with van der Waals surface area (Å²) < 4.78 is 6.34. The lowest BCUT2D eigenvalue weighted by Crippen LogP contribution is -2.54. The fourth-order valence-electron chi connectivity index (χ4n) is 4.94. The highest BCUT2D eigenvalue weighted by Crippen LogP contribution is 2.31. The van der Waals surface area contributed by atoms with Crippen LogP contribution in [0.25, 0.3) is 10.9 Å². The first kappa shape index (κ1) is 19.2. The van der Waals surface area contributed by atoms with Gasteiger partial charge < -0.3 is 9.64 Å². The molecule has 0 radical (unpaired) electrons. The largest absolute Gasteiger partial charge is 0.370 e. The van der Waals surface area contributed by atoms with Crippen LogP contribution in [0.1, 0.15) is 45.6 Å². The Morgan fingerprint density at radius 3 is 2.68 bits per heavy atom. The van der Waals surface area contributed by atoms with Gasteiger partial charge in [-0.15, -0.1) is 0 Å². The van der Waals surface area contributed by atoms with E-state index in [4.69, 9.17) is 4.74 Å². The minimum atomic E-state index is 0.177. The summed E-state index contributed by atoms with van der Waals surface area (Å²) in [6.45, 7) is 9.56. The maximum Gasteiger partial charge on any atom is 0.101 e. The van der Waals surface area contributed by atoms with E-state index in [9.17, 15) is 5.26 Å². The lowest BCUT2D eigenvalue weighted by atomic mass is 9.96. The molecule has 5 heteroatoms. The normalized spacial score (nSPS) is 29.0. The number of anilines is 1. The monoisotopic (exact) mass is 378 g/mol. The molecule has 0 N–H and O–H groups in total. The van der Waals surface area contributed by atoms with Gasteiger partial charge in [-0.1, -0.05) is 6.42 Å². The SMILES string of the molecule is C[C@@H]1CN(c2ccc(C#N)c3ncccc23)C[C@@H](CN2[C@H](C)CCC[C@@H]2C)O1. The second-order valence-electron chi connectivity index (χ2n) is 8.44. The third-order valence-electron chi connectivity index (χ3n) is 6.32. The Bertz CT molecular complexity index is 867. The lowest BCUT2D eigenvalue weighted by molar-refractivity contribution is -0.0493. The van der Waals surface area contributed by atoms with Crippen molar-refractivity contribution in [2.45, 2.75) is 64.3 Å². The molecule has 0 unspecified atom stereocenters. The van der Waals surface area contributed by atoms with Crippen LogP contribution < -0.4 is 4.90 Å². The Kier molecular flexibility index (Phi) is 5.52. The summed E-state index contributed by atoms with van der Waals surface area (Å²) in [6.07, 6.45) is 6.02. The molecule has 2 saturated heterocycles. The molecule has 0 saturated carbocycles. The van der Waals surface area contributed by atoms with E-state index in [-0.39, 0.29) is 12.2 Å². The molecule has 148 valence electrons. The Hall–Kier alpha value is -2.16. The number of hydrogen-bond donors (Lipinski definition) is 0. The number of rotatable bonds is 3. The Labute approximate surface area is 167 Å². The fourth-order valence-corrected chi connectivity index (χ4v) is 4.94. The Morgan fingerprint density at radius 2 is 1.93 bits per heavy atom. The summed E-state index contributed by atoms with van der Waals surface area (Å²) in [5, 5.41) is 10.5. The van der Waals surface area contributed by atoms with Crippen LogP contribution in [0, 0.1) is 11.3 Å². The van der Waals surface area contributed by atoms with Crippen molar-refractivity contribution in [1.29, 1.82) is 5.26 Å². The third-order valence-corrected chi connectivity index (χ3v) is 6.32. The molecule has 2 aliphatic rings. The molecule has 2 aromatic rings. The van der Waals surface area contributed by atoms with Crippen molar-refractivity contribution in [3.63, 3.8) is 0 Å². The summed E-state index contributed by atoms with van der Waals surface area (Å²) in [6, 6.07) is 11.5. The molecule has 1 aromatic carbocycles. The minimum Gasteiger partial charge on any atom is -0.370 e. The maximum atomic E-state index is 9.42. The first-order chi connectivity index (χ1) is 13.6. The van der Waals surface area contributed by atoms with E-state index in [1.165, 1.54) is 19.3 Å². The molecule has 0 aliphatic carbocycles. The van der Waals surface area contributed by atoms with Gasteiger partial charge in [0.05, 0.1) is 23.3 Å². The number of fused-ring (bicyclic) bond motifs is 1. The van der Waals surface area contributed by atoms with Crippen LogP contribution in [0.3, 0.4) is 0 Å². The topological polar surface area (TPSA) is 52.4 Å². The van der Waals surface area contributed by atoms with Crippen molar-refractivity contribution in [2.24, 2.45) is 0 Å². The highest BCUT2D eigenvalue weighted by atomic mass is 16.5. The lowest BCUT2D eigenvalue weighted by Gasteiger charge is -2.44. The van der Waals surface area contributed by atoms with E-state index in [2.05, 4.69) is 53.8 Å². The number of benzene rings is 1. The molecular weight excluding hydrogens is 348 g/mol. The quantitative estimate of drug-likeness (QED) is 0.809. The molecule has 0 bridgehead atoms. The molecule has 4 rings (SSSR count). The van der Waals surface area contributed by atoms with Gasteiger partial charge in [0.2, 0.25) is 0 Å². The molecule has 5 nitrogen and oxygen atoms in total.